The molecule has 12 rings (SSSR count). The lowest BCUT2D eigenvalue weighted by atomic mass is 9.97. The molecule has 0 spiro atoms. The van der Waals surface area contributed by atoms with Crippen LogP contribution in [0, 0.1) is 27.7 Å². The molecule has 292 valence electrons. The molecule has 0 saturated carbocycles. The fraction of sp³-hybridized carbons (Fsp3) is 0.0714. The molecule has 0 radical (unpaired) electrons. The maximum absolute atomic E-state index is 6.86. The maximum Gasteiger partial charge on any atom is 0.159 e. The summed E-state index contributed by atoms with van der Waals surface area (Å²) in [6.07, 6.45) is 0. The van der Waals surface area contributed by atoms with Crippen molar-refractivity contribution >= 4 is 120 Å². The minimum Gasteiger partial charge on any atom is -0.454 e. The molecule has 0 N–H and O–H groups in total. The Morgan fingerprint density at radius 1 is 0.377 bits per heavy atom. The van der Waals surface area contributed by atoms with E-state index in [0.29, 0.717) is 0 Å². The number of rotatable bonds is 6. The van der Waals surface area contributed by atoms with Gasteiger partial charge in [0.1, 0.15) is 11.2 Å². The van der Waals surface area contributed by atoms with E-state index < -0.39 is 0 Å². The van der Waals surface area contributed by atoms with E-state index in [4.69, 9.17) is 8.83 Å². The quantitative estimate of drug-likeness (QED) is 0.157. The van der Waals surface area contributed by atoms with Gasteiger partial charge in [0, 0.05) is 59.2 Å². The summed E-state index contributed by atoms with van der Waals surface area (Å²) in [7, 11) is 0. The van der Waals surface area contributed by atoms with Crippen molar-refractivity contribution in [2.45, 2.75) is 27.7 Å². The number of thiophene rings is 1. The highest BCUT2D eigenvalue weighted by Crippen LogP contribution is 2.57. The van der Waals surface area contributed by atoms with Crippen LogP contribution in [0.2, 0.25) is 0 Å². The summed E-state index contributed by atoms with van der Waals surface area (Å²) in [5.41, 5.74) is 14.8. The molecule has 0 fully saturated rings. The second kappa shape index (κ2) is 13.6. The van der Waals surface area contributed by atoms with Gasteiger partial charge in [0.15, 0.2) is 11.2 Å². The Bertz CT molecular complexity index is 3740. The molecule has 0 unspecified atom stereocenters. The number of anilines is 6. The first kappa shape index (κ1) is 35.6. The van der Waals surface area contributed by atoms with Crippen molar-refractivity contribution in [1.29, 1.82) is 0 Å². The molecule has 0 aliphatic rings. The molecule has 4 nitrogen and oxygen atoms in total. The highest BCUT2D eigenvalue weighted by atomic mass is 32.1. The number of benzene rings is 9. The summed E-state index contributed by atoms with van der Waals surface area (Å²) in [6.45, 7) is 8.77. The molecule has 0 saturated heterocycles. The van der Waals surface area contributed by atoms with Gasteiger partial charge in [0.25, 0.3) is 0 Å². The lowest BCUT2D eigenvalue weighted by Gasteiger charge is -2.32. The highest BCUT2D eigenvalue weighted by molar-refractivity contribution is 7.26. The van der Waals surface area contributed by atoms with E-state index in [-0.39, 0.29) is 0 Å². The summed E-state index contributed by atoms with van der Waals surface area (Å²) in [5, 5.41) is 9.05. The number of aryl methyl sites for hydroxylation is 4. The first-order valence-corrected chi connectivity index (χ1v) is 21.7. The average molecular weight is 805 g/mol. The van der Waals surface area contributed by atoms with Crippen molar-refractivity contribution in [3.63, 3.8) is 0 Å². The van der Waals surface area contributed by atoms with Crippen molar-refractivity contribution in [2.24, 2.45) is 0 Å². The van der Waals surface area contributed by atoms with Crippen LogP contribution in [0.1, 0.15) is 22.3 Å². The second-order valence-electron chi connectivity index (χ2n) is 16.3. The Morgan fingerprint density at radius 3 is 1.36 bits per heavy atom. The summed E-state index contributed by atoms with van der Waals surface area (Å²) in [4.78, 5) is 4.92. The smallest absolute Gasteiger partial charge is 0.159 e. The van der Waals surface area contributed by atoms with Gasteiger partial charge in [-0.15, -0.1) is 11.3 Å². The molecule has 0 atom stereocenters. The van der Waals surface area contributed by atoms with Crippen LogP contribution in [0.5, 0.6) is 0 Å². The second-order valence-corrected chi connectivity index (χ2v) is 17.3. The molecule has 3 aromatic heterocycles. The molecule has 0 bridgehead atoms. The number of furan rings is 2. The average Bonchev–Trinajstić information content (AvgIpc) is 3.99. The maximum atomic E-state index is 6.86. The highest BCUT2D eigenvalue weighted by Gasteiger charge is 2.31. The SMILES string of the molecule is Cc1ccc(N(c2cccc3c2oc2ccccc23)c2c3ccccc3c(N(c3ccc(C)c(C)c3)c3cccc4c3oc3ccccc34)c3c2sc2ccccc23)cc1C. The van der Waals surface area contributed by atoms with E-state index in [1.54, 1.807) is 0 Å². The van der Waals surface area contributed by atoms with E-state index in [2.05, 4.69) is 195 Å². The fourth-order valence-electron chi connectivity index (χ4n) is 9.38. The molecule has 3 heterocycles. The van der Waals surface area contributed by atoms with Gasteiger partial charge in [-0.3, -0.25) is 0 Å². The van der Waals surface area contributed by atoms with Crippen molar-refractivity contribution in [3.05, 3.63) is 192 Å². The zero-order chi connectivity index (χ0) is 40.9. The van der Waals surface area contributed by atoms with E-state index in [9.17, 15) is 0 Å². The van der Waals surface area contributed by atoms with Gasteiger partial charge in [-0.2, -0.15) is 0 Å². The normalized spacial score (nSPS) is 11.9. The summed E-state index contributed by atoms with van der Waals surface area (Å²) in [6, 6.07) is 61.3. The molecule has 0 aliphatic carbocycles. The van der Waals surface area contributed by atoms with Gasteiger partial charge in [0.05, 0.1) is 27.4 Å². The van der Waals surface area contributed by atoms with E-state index >= 15 is 0 Å². The van der Waals surface area contributed by atoms with Crippen molar-refractivity contribution in [1.82, 2.24) is 0 Å². The van der Waals surface area contributed by atoms with E-state index in [1.807, 2.05) is 23.5 Å². The van der Waals surface area contributed by atoms with E-state index in [0.717, 1.165) is 88.8 Å². The van der Waals surface area contributed by atoms with E-state index in [1.165, 1.54) is 42.4 Å². The van der Waals surface area contributed by atoms with Crippen molar-refractivity contribution < 1.29 is 8.83 Å². The number of nitrogens with zero attached hydrogens (tertiary/aromatic N) is 2. The summed E-state index contributed by atoms with van der Waals surface area (Å²) < 4.78 is 16.1. The molecular weight excluding hydrogens is 765 g/mol. The predicted octanol–water partition coefficient (Wildman–Crippen LogP) is 17.2. The summed E-state index contributed by atoms with van der Waals surface area (Å²) >= 11 is 1.85. The van der Waals surface area contributed by atoms with Crippen LogP contribution in [0.15, 0.2) is 179 Å². The molecule has 0 amide bonds. The summed E-state index contributed by atoms with van der Waals surface area (Å²) in [5.74, 6) is 0. The minimum atomic E-state index is 0.857. The van der Waals surface area contributed by atoms with Gasteiger partial charge < -0.3 is 18.6 Å². The van der Waals surface area contributed by atoms with Crippen molar-refractivity contribution in [2.75, 3.05) is 9.80 Å². The molecule has 61 heavy (non-hydrogen) atoms. The number of hydrogen-bond acceptors (Lipinski definition) is 5. The third-order valence-corrected chi connectivity index (χ3v) is 13.9. The van der Waals surface area contributed by atoms with Crippen LogP contribution in [0.3, 0.4) is 0 Å². The van der Waals surface area contributed by atoms with Gasteiger partial charge in [-0.05, 0) is 105 Å². The van der Waals surface area contributed by atoms with Gasteiger partial charge >= 0.3 is 0 Å². The zero-order valence-electron chi connectivity index (χ0n) is 34.3. The van der Waals surface area contributed by atoms with Gasteiger partial charge in [-0.1, -0.05) is 115 Å². The third-order valence-electron chi connectivity index (χ3n) is 12.7. The Morgan fingerprint density at radius 2 is 0.820 bits per heavy atom. The molecule has 9 aromatic carbocycles. The van der Waals surface area contributed by atoms with Gasteiger partial charge in [0.2, 0.25) is 0 Å². The Balaban J connectivity index is 1.26. The largest absolute Gasteiger partial charge is 0.454 e. The molecular formula is C56H40N2O2S. The van der Waals surface area contributed by atoms with Crippen molar-refractivity contribution in [3.8, 4) is 0 Å². The molecule has 12 aromatic rings. The first-order chi connectivity index (χ1) is 29.9. The topological polar surface area (TPSA) is 32.8 Å². The minimum absolute atomic E-state index is 0.857. The zero-order valence-corrected chi connectivity index (χ0v) is 35.1. The van der Waals surface area contributed by atoms with Crippen LogP contribution >= 0.6 is 11.3 Å². The first-order valence-electron chi connectivity index (χ1n) is 20.8. The standard InChI is InChI=1S/C56H40N2O2S/c1-33-27-29-37(31-35(33)3)57(46-22-13-20-43-39-15-7-10-24-48(39)59-54(43)46)52-41-17-5-6-18-42(41)53(56-51(52)45-19-9-12-26-50(45)61-56)58(38-30-28-34(2)36(4)32-38)47-23-14-21-44-40-16-8-11-25-49(40)60-55(44)47/h5-32H,1-4H3. The lowest BCUT2D eigenvalue weighted by molar-refractivity contribution is 0.668. The Kier molecular flexibility index (Phi) is 7.93. The van der Waals surface area contributed by atoms with Gasteiger partial charge in [-0.25, -0.2) is 0 Å². The molecule has 0 aliphatic heterocycles. The lowest BCUT2D eigenvalue weighted by Crippen LogP contribution is -2.15. The van der Waals surface area contributed by atoms with Crippen LogP contribution in [0.25, 0.3) is 74.8 Å². The Labute approximate surface area is 357 Å². The predicted molar refractivity (Wildman–Crippen MR) is 260 cm³/mol. The monoisotopic (exact) mass is 804 g/mol. The van der Waals surface area contributed by atoms with Crippen LogP contribution in [0.4, 0.5) is 34.1 Å². The molecule has 5 heteroatoms. The van der Waals surface area contributed by atoms with Crippen LogP contribution in [-0.2, 0) is 0 Å². The third kappa shape index (κ3) is 5.37. The number of hydrogen-bond donors (Lipinski definition) is 0. The number of para-hydroxylation sites is 4. The fourth-order valence-corrected chi connectivity index (χ4v) is 10.6. The van der Waals surface area contributed by atoms with Crippen LogP contribution < -0.4 is 9.80 Å². The Hall–Kier alpha value is -7.34. The van der Waals surface area contributed by atoms with Crippen LogP contribution in [-0.4, -0.2) is 0 Å². The number of fused-ring (bicyclic) bond motifs is 10.